The fourth-order valence-corrected chi connectivity index (χ4v) is 35.3. The molecular weight excluding hydrogens is 1910 g/mol. The number of rotatable bonds is 0. The van der Waals surface area contributed by atoms with Gasteiger partial charge in [-0.1, -0.05) is 0 Å². The van der Waals surface area contributed by atoms with E-state index >= 15 is 0 Å². The van der Waals surface area contributed by atoms with Crippen molar-refractivity contribution in [1.82, 2.24) is 0 Å². The number of thiophene rings is 7. The van der Waals surface area contributed by atoms with Crippen LogP contribution in [0.15, 0.2) is 0 Å². The van der Waals surface area contributed by atoms with Crippen LogP contribution in [0.1, 0.15) is 312 Å². The summed E-state index contributed by atoms with van der Waals surface area (Å²) in [5.74, 6) is 0. The summed E-state index contributed by atoms with van der Waals surface area (Å²) in [5, 5.41) is 21.0. The Hall–Kier alpha value is -9.38. The van der Waals surface area contributed by atoms with E-state index < -0.39 is 0 Å². The van der Waals surface area contributed by atoms with Crippen LogP contribution in [0.5, 0.6) is 0 Å². The number of fused-ring (bicyclic) bond motifs is 21. The highest BCUT2D eigenvalue weighted by Crippen LogP contribution is 2.55. The Bertz CT molecular complexity index is 7340. The number of aryl methyl sites for hydroxylation is 28. The van der Waals surface area contributed by atoms with Crippen LogP contribution in [0.25, 0.3) is 141 Å². The minimum atomic E-state index is 1.45. The molecule has 0 saturated heterocycles. The van der Waals surface area contributed by atoms with Crippen LogP contribution < -0.4 is 0 Å². The van der Waals surface area contributed by atoms with Gasteiger partial charge >= 0.3 is 0 Å². The quantitative estimate of drug-likeness (QED) is 0.142. The van der Waals surface area contributed by atoms with Crippen molar-refractivity contribution in [2.75, 3.05) is 0 Å². The van der Waals surface area contributed by atoms with Gasteiger partial charge < -0.3 is 0 Å². The molecule has 7 heterocycles. The molecule has 0 amide bonds. The van der Waals surface area contributed by atoms with Gasteiger partial charge in [0.2, 0.25) is 0 Å². The van der Waals surface area contributed by atoms with Gasteiger partial charge in [-0.3, -0.25) is 0 Å². The molecule has 0 fully saturated rings. The van der Waals surface area contributed by atoms with Crippen LogP contribution in [0.2, 0.25) is 0 Å². The topological polar surface area (TPSA) is 0 Å². The van der Waals surface area contributed by atoms with E-state index in [9.17, 15) is 0 Å². The van der Waals surface area contributed by atoms with E-state index in [-0.39, 0.29) is 0 Å². The molecule has 0 spiro atoms. The molecule has 0 N–H and O–H groups in total. The first-order valence-electron chi connectivity index (χ1n) is 53.6. The molecule has 0 aliphatic carbocycles. The van der Waals surface area contributed by atoms with E-state index in [0.29, 0.717) is 0 Å². The first-order chi connectivity index (χ1) is 68.4. The van der Waals surface area contributed by atoms with E-state index in [0.717, 1.165) is 0 Å². The smallest absolute Gasteiger partial charge is 0.0390 e. The molecule has 0 saturated carbocycles. The van der Waals surface area contributed by atoms with Crippen molar-refractivity contribution in [3.05, 3.63) is 312 Å². The van der Waals surface area contributed by atoms with Gasteiger partial charge in [-0.05, 0) is 699 Å². The number of benzene rings is 14. The minimum Gasteiger partial charge on any atom is -0.135 e. The SMILES string of the molecule is Cc1c(C)c(C)c2c(sc3c(C)c(C)c(C)c(C)c32)c1C.Cc1c(C)c(C)c2c(sc3c(C)c(C)c(C)c(C)c32)c1C.Cc1c(C)c(C)c2c(sc3c(C)c(C)c(C)c(C)c32)c1C.Cc1c(C)c(C)c2c(sc3c(C)c(C)c(C)c(C)c32)c1C.Cc1c(C)c(C)c2c(sc3c(C)c(C)c(C)c(C)c32)c1C.Cc1c(C)c(C)c2c(sc3c(C)c(C)c(C)c(C)c32)c1C.Cc1c(C)c(C)c2c(sc3c(C)c(C)c(C)c(C)c32)c1C. The fraction of sp³-hybridized carbons (Fsp3) is 0.400. The van der Waals surface area contributed by atoms with Crippen LogP contribution in [0.3, 0.4) is 0 Å². The summed E-state index contributed by atoms with van der Waals surface area (Å²) in [4.78, 5) is 0. The standard InChI is InChI=1S/7C20H24S/c7*1-9-11(3)15(7)19-17(13(9)5)18-14(6)10(2)12(4)16(8)20(18)21-19/h7*1-8H3. The lowest BCUT2D eigenvalue weighted by molar-refractivity contribution is 1.25. The Balaban J connectivity index is 0.000000129. The summed E-state index contributed by atoms with van der Waals surface area (Å²) in [6.07, 6.45) is 0. The summed E-state index contributed by atoms with van der Waals surface area (Å²) < 4.78 is 20.8. The van der Waals surface area contributed by atoms with Gasteiger partial charge in [0.25, 0.3) is 0 Å². The highest BCUT2D eigenvalue weighted by atomic mass is 32.1. The van der Waals surface area contributed by atoms with Gasteiger partial charge in [-0.25, -0.2) is 0 Å². The van der Waals surface area contributed by atoms with E-state index in [4.69, 9.17) is 0 Å². The number of hydrogen-bond acceptors (Lipinski definition) is 7. The predicted octanol–water partition coefficient (Wildman–Crippen LogP) is 45.7. The van der Waals surface area contributed by atoms with Crippen molar-refractivity contribution < 1.29 is 0 Å². The third-order valence-corrected chi connectivity index (χ3v) is 50.0. The first-order valence-corrected chi connectivity index (χ1v) is 59.3. The van der Waals surface area contributed by atoms with E-state index in [1.54, 1.807) is 0 Å². The predicted molar refractivity (Wildman–Crippen MR) is 681 cm³/mol. The summed E-state index contributed by atoms with van der Waals surface area (Å²) in [5.41, 5.74) is 81.7. The average molecular weight is 2080 g/mol. The zero-order valence-corrected chi connectivity index (χ0v) is 107. The second-order valence-electron chi connectivity index (χ2n) is 45.6. The highest BCUT2D eigenvalue weighted by molar-refractivity contribution is 7.29. The van der Waals surface area contributed by atoms with Crippen LogP contribution >= 0.6 is 79.4 Å². The maximum Gasteiger partial charge on any atom is 0.0390 e. The van der Waals surface area contributed by atoms with Crippen LogP contribution in [0, 0.1) is 388 Å². The van der Waals surface area contributed by atoms with E-state index in [1.165, 1.54) is 453 Å². The molecule has 0 nitrogen and oxygen atoms in total. The van der Waals surface area contributed by atoms with E-state index in [1.807, 2.05) is 79.4 Å². The maximum absolute atomic E-state index is 2.29. The Morgan fingerprint density at radius 2 is 0.0952 bits per heavy atom. The van der Waals surface area contributed by atoms with Crippen molar-refractivity contribution in [2.24, 2.45) is 0 Å². The highest BCUT2D eigenvalue weighted by Gasteiger charge is 2.30. The lowest BCUT2D eigenvalue weighted by Gasteiger charge is -2.13. The second kappa shape index (κ2) is 40.3. The number of hydrogen-bond donors (Lipinski definition) is 0. The summed E-state index contributed by atoms with van der Waals surface area (Å²) in [6, 6.07) is 0. The van der Waals surface area contributed by atoms with Crippen molar-refractivity contribution in [1.29, 1.82) is 0 Å². The zero-order chi connectivity index (χ0) is 109. The van der Waals surface area contributed by atoms with Crippen LogP contribution in [-0.2, 0) is 0 Å². The second-order valence-corrected chi connectivity index (χ2v) is 52.7. The Morgan fingerprint density at radius 3 is 0.143 bits per heavy atom. The molecule has 21 rings (SSSR count). The molecule has 7 aromatic heterocycles. The summed E-state index contributed by atoms with van der Waals surface area (Å²) >= 11 is 13.9. The largest absolute Gasteiger partial charge is 0.135 e. The van der Waals surface area contributed by atoms with Crippen molar-refractivity contribution in [3.8, 4) is 0 Å². The zero-order valence-electron chi connectivity index (χ0n) is 101. The molecule has 0 bridgehead atoms. The van der Waals surface area contributed by atoms with Gasteiger partial charge in [0, 0.05) is 141 Å². The Morgan fingerprint density at radius 1 is 0.0544 bits per heavy atom. The summed E-state index contributed by atoms with van der Waals surface area (Å²) in [6.45, 7) is 127. The van der Waals surface area contributed by atoms with E-state index in [2.05, 4.69) is 388 Å². The van der Waals surface area contributed by atoms with Crippen molar-refractivity contribution >= 4 is 221 Å². The molecule has 770 valence electrons. The maximum atomic E-state index is 2.29. The van der Waals surface area contributed by atoms with Crippen molar-refractivity contribution in [2.45, 2.75) is 388 Å². The van der Waals surface area contributed by atoms with Crippen LogP contribution in [-0.4, -0.2) is 0 Å². The molecule has 7 heteroatoms. The van der Waals surface area contributed by atoms with Crippen molar-refractivity contribution in [3.63, 3.8) is 0 Å². The van der Waals surface area contributed by atoms with Gasteiger partial charge in [0.05, 0.1) is 0 Å². The third kappa shape index (κ3) is 16.9. The average Bonchev–Trinajstić information content (AvgIpc) is 1.61. The normalized spacial score (nSPS) is 11.8. The van der Waals surface area contributed by atoms with Gasteiger partial charge in [-0.2, -0.15) is 0 Å². The molecule has 0 radical (unpaired) electrons. The molecule has 0 unspecified atom stereocenters. The lowest BCUT2D eigenvalue weighted by atomic mass is 9.90. The first kappa shape index (κ1) is 112. The lowest BCUT2D eigenvalue weighted by Crippen LogP contribution is -1.94. The molecule has 147 heavy (non-hydrogen) atoms. The minimum absolute atomic E-state index is 1.45. The molecular formula is C140H168S7. The fourth-order valence-electron chi connectivity index (χ4n) is 24.6. The molecule has 21 aromatic rings. The van der Waals surface area contributed by atoms with Gasteiger partial charge in [0.15, 0.2) is 0 Å². The molecule has 0 atom stereocenters. The third-order valence-electron chi connectivity index (χ3n) is 40.0. The van der Waals surface area contributed by atoms with Gasteiger partial charge in [-0.15, -0.1) is 79.4 Å². The van der Waals surface area contributed by atoms with Crippen LogP contribution in [0.4, 0.5) is 0 Å². The monoisotopic (exact) mass is 2070 g/mol. The molecule has 14 aromatic carbocycles. The molecule has 0 aliphatic rings. The Labute approximate surface area is 911 Å². The van der Waals surface area contributed by atoms with Gasteiger partial charge in [0.1, 0.15) is 0 Å². The molecule has 0 aliphatic heterocycles. The summed E-state index contributed by atoms with van der Waals surface area (Å²) in [7, 11) is 0. The Kier molecular flexibility index (Phi) is 30.7.